The molecule has 0 bridgehead atoms. The molecule has 0 radical (unpaired) electrons. The van der Waals surface area contributed by atoms with Crippen LogP contribution in [0.25, 0.3) is 10.1 Å². The molecule has 0 N–H and O–H groups in total. The number of aryl methyl sites for hydroxylation is 1. The highest BCUT2D eigenvalue weighted by molar-refractivity contribution is 9.08. The Morgan fingerprint density at radius 3 is 2.85 bits per heavy atom. The van der Waals surface area contributed by atoms with Crippen molar-refractivity contribution in [1.82, 2.24) is 0 Å². The van der Waals surface area contributed by atoms with E-state index in [0.717, 1.165) is 21.0 Å². The van der Waals surface area contributed by atoms with E-state index in [2.05, 4.69) is 15.9 Å². The number of halogens is 2. The van der Waals surface area contributed by atoms with E-state index in [1.54, 1.807) is 17.4 Å². The van der Waals surface area contributed by atoms with Gasteiger partial charge >= 0.3 is 0 Å². The summed E-state index contributed by atoms with van der Waals surface area (Å²) >= 11 is 5.01. The first-order valence-corrected chi connectivity index (χ1v) is 5.89. The Morgan fingerprint density at radius 2 is 2.15 bits per heavy atom. The van der Waals surface area contributed by atoms with Crippen LogP contribution < -0.4 is 0 Å². The number of thiophene rings is 1. The van der Waals surface area contributed by atoms with E-state index in [-0.39, 0.29) is 5.82 Å². The molecule has 2 aromatic rings. The minimum absolute atomic E-state index is 0.113. The van der Waals surface area contributed by atoms with Crippen molar-refractivity contribution in [3.63, 3.8) is 0 Å². The molecule has 2 rings (SSSR count). The second kappa shape index (κ2) is 3.39. The third kappa shape index (κ3) is 1.63. The third-order valence-electron chi connectivity index (χ3n) is 1.91. The van der Waals surface area contributed by atoms with Gasteiger partial charge in [0, 0.05) is 20.3 Å². The molecule has 0 saturated carbocycles. The molecule has 0 aliphatic rings. The molecule has 0 amide bonds. The Bertz CT molecular complexity index is 447. The highest BCUT2D eigenvalue weighted by Gasteiger charge is 2.05. The lowest BCUT2D eigenvalue weighted by molar-refractivity contribution is 0.639. The zero-order valence-corrected chi connectivity index (χ0v) is 9.51. The van der Waals surface area contributed by atoms with E-state index >= 15 is 0 Å². The van der Waals surface area contributed by atoms with Crippen molar-refractivity contribution in [3.8, 4) is 0 Å². The van der Waals surface area contributed by atoms with Gasteiger partial charge in [0.2, 0.25) is 0 Å². The number of fused-ring (bicyclic) bond motifs is 1. The highest BCUT2D eigenvalue weighted by Crippen LogP contribution is 2.29. The number of hydrogen-bond donors (Lipinski definition) is 0. The van der Waals surface area contributed by atoms with Gasteiger partial charge in [-0.1, -0.05) is 15.9 Å². The predicted molar refractivity (Wildman–Crippen MR) is 59.2 cm³/mol. The molecule has 3 heteroatoms. The summed E-state index contributed by atoms with van der Waals surface area (Å²) in [4.78, 5) is 1.17. The quantitative estimate of drug-likeness (QED) is 0.672. The van der Waals surface area contributed by atoms with Gasteiger partial charge in [0.05, 0.1) is 0 Å². The Balaban J connectivity index is 2.75. The van der Waals surface area contributed by atoms with Gasteiger partial charge in [-0.05, 0) is 30.7 Å². The molecular weight excluding hydrogens is 251 g/mol. The minimum atomic E-state index is -0.113. The second-order valence-electron chi connectivity index (χ2n) is 3.00. The fourth-order valence-corrected chi connectivity index (χ4v) is 2.87. The predicted octanol–water partition coefficient (Wildman–Crippen LogP) is 4.24. The van der Waals surface area contributed by atoms with Crippen LogP contribution in [-0.4, -0.2) is 0 Å². The van der Waals surface area contributed by atoms with Crippen LogP contribution >= 0.6 is 27.3 Å². The Morgan fingerprint density at radius 1 is 1.38 bits per heavy atom. The molecule has 0 aliphatic carbocycles. The smallest absolute Gasteiger partial charge is 0.132 e. The Hall–Kier alpha value is -0.410. The number of benzene rings is 1. The van der Waals surface area contributed by atoms with Gasteiger partial charge in [-0.25, -0.2) is 4.39 Å². The molecular formula is C10H8BrFS. The lowest BCUT2D eigenvalue weighted by atomic mass is 10.2. The largest absolute Gasteiger partial charge is 0.206 e. The van der Waals surface area contributed by atoms with Crippen molar-refractivity contribution >= 4 is 37.4 Å². The molecule has 1 heterocycles. The zero-order chi connectivity index (χ0) is 9.42. The first-order chi connectivity index (χ1) is 6.20. The fraction of sp³-hybridized carbons (Fsp3) is 0.200. The number of alkyl halides is 1. The monoisotopic (exact) mass is 258 g/mol. The van der Waals surface area contributed by atoms with Crippen molar-refractivity contribution in [3.05, 3.63) is 34.5 Å². The molecule has 0 atom stereocenters. The summed E-state index contributed by atoms with van der Waals surface area (Å²) in [6.45, 7) is 1.91. The van der Waals surface area contributed by atoms with Crippen molar-refractivity contribution in [2.24, 2.45) is 0 Å². The van der Waals surface area contributed by atoms with Crippen LogP contribution in [0.5, 0.6) is 0 Å². The van der Waals surface area contributed by atoms with Crippen LogP contribution in [0.1, 0.15) is 10.4 Å². The van der Waals surface area contributed by atoms with E-state index in [4.69, 9.17) is 0 Å². The molecule has 13 heavy (non-hydrogen) atoms. The zero-order valence-electron chi connectivity index (χ0n) is 7.10. The maximum atomic E-state index is 13.4. The summed E-state index contributed by atoms with van der Waals surface area (Å²) in [7, 11) is 0. The van der Waals surface area contributed by atoms with Gasteiger partial charge < -0.3 is 0 Å². The van der Waals surface area contributed by atoms with E-state index in [1.165, 1.54) is 4.88 Å². The fourth-order valence-electron chi connectivity index (χ4n) is 1.34. The Kier molecular flexibility index (Phi) is 2.39. The van der Waals surface area contributed by atoms with Gasteiger partial charge in [0.25, 0.3) is 0 Å². The molecule has 68 valence electrons. The van der Waals surface area contributed by atoms with E-state index in [1.807, 2.05) is 19.1 Å². The van der Waals surface area contributed by atoms with Crippen LogP contribution in [-0.2, 0) is 5.33 Å². The average molecular weight is 259 g/mol. The minimum Gasteiger partial charge on any atom is -0.206 e. The molecule has 0 saturated heterocycles. The lowest BCUT2D eigenvalue weighted by Gasteiger charge is -1.94. The van der Waals surface area contributed by atoms with E-state index < -0.39 is 0 Å². The standard InChI is InChI=1S/C10H8BrFS/c1-6-2-9(12)8-4-7(5-11)13-10(8)3-6/h2-4H,5H2,1H3. The summed E-state index contributed by atoms with van der Waals surface area (Å²) < 4.78 is 14.4. The normalized spacial score (nSPS) is 11.0. The second-order valence-corrected chi connectivity index (χ2v) is 4.73. The van der Waals surface area contributed by atoms with Crippen molar-refractivity contribution < 1.29 is 4.39 Å². The molecule has 0 nitrogen and oxygen atoms in total. The first-order valence-electron chi connectivity index (χ1n) is 3.95. The van der Waals surface area contributed by atoms with Gasteiger partial charge in [-0.15, -0.1) is 11.3 Å². The van der Waals surface area contributed by atoms with Crippen LogP contribution in [0.3, 0.4) is 0 Å². The summed E-state index contributed by atoms with van der Waals surface area (Å²) in [6, 6.07) is 5.51. The molecule has 0 unspecified atom stereocenters. The highest BCUT2D eigenvalue weighted by atomic mass is 79.9. The molecule has 1 aromatic carbocycles. The van der Waals surface area contributed by atoms with Gasteiger partial charge in [0.1, 0.15) is 5.82 Å². The summed E-state index contributed by atoms with van der Waals surface area (Å²) in [6.07, 6.45) is 0. The summed E-state index contributed by atoms with van der Waals surface area (Å²) in [5.74, 6) is -0.113. The lowest BCUT2D eigenvalue weighted by Crippen LogP contribution is -1.76. The van der Waals surface area contributed by atoms with Gasteiger partial charge in [-0.3, -0.25) is 0 Å². The summed E-state index contributed by atoms with van der Waals surface area (Å²) in [5.41, 5.74) is 0.980. The topological polar surface area (TPSA) is 0 Å². The number of rotatable bonds is 1. The van der Waals surface area contributed by atoms with E-state index in [0.29, 0.717) is 0 Å². The molecule has 0 fully saturated rings. The molecule has 0 spiro atoms. The van der Waals surface area contributed by atoms with Crippen molar-refractivity contribution in [2.75, 3.05) is 0 Å². The maximum Gasteiger partial charge on any atom is 0.132 e. The average Bonchev–Trinajstić information content (AvgIpc) is 2.47. The summed E-state index contributed by atoms with van der Waals surface area (Å²) in [5, 5.41) is 1.54. The van der Waals surface area contributed by atoms with Crippen LogP contribution in [0.2, 0.25) is 0 Å². The van der Waals surface area contributed by atoms with E-state index in [9.17, 15) is 4.39 Å². The maximum absolute atomic E-state index is 13.4. The first kappa shape index (κ1) is 9.16. The third-order valence-corrected chi connectivity index (χ3v) is 3.97. The van der Waals surface area contributed by atoms with Crippen LogP contribution in [0, 0.1) is 12.7 Å². The molecule has 0 aliphatic heterocycles. The van der Waals surface area contributed by atoms with Crippen LogP contribution in [0.4, 0.5) is 4.39 Å². The Labute approximate surface area is 88.5 Å². The van der Waals surface area contributed by atoms with Gasteiger partial charge in [-0.2, -0.15) is 0 Å². The number of hydrogen-bond acceptors (Lipinski definition) is 1. The van der Waals surface area contributed by atoms with Gasteiger partial charge in [0.15, 0.2) is 0 Å². The van der Waals surface area contributed by atoms with Crippen molar-refractivity contribution in [2.45, 2.75) is 12.3 Å². The molecule has 1 aromatic heterocycles. The van der Waals surface area contributed by atoms with Crippen molar-refractivity contribution in [1.29, 1.82) is 0 Å². The van der Waals surface area contributed by atoms with Crippen LogP contribution in [0.15, 0.2) is 18.2 Å². The SMILES string of the molecule is Cc1cc(F)c2cc(CBr)sc2c1.